The summed E-state index contributed by atoms with van der Waals surface area (Å²) in [5, 5.41) is 3.24. The summed E-state index contributed by atoms with van der Waals surface area (Å²) >= 11 is 0. The van der Waals surface area contributed by atoms with Crippen molar-refractivity contribution in [1.82, 2.24) is 14.5 Å². The first-order valence-electron chi connectivity index (χ1n) is 12.4. The summed E-state index contributed by atoms with van der Waals surface area (Å²) < 4.78 is 27.6. The number of sulfonamides is 1. The molecule has 0 bridgehead atoms. The molecule has 2 aromatic carbocycles. The summed E-state index contributed by atoms with van der Waals surface area (Å²) in [6.45, 7) is 8.97. The van der Waals surface area contributed by atoms with Gasteiger partial charge in [0.25, 0.3) is 0 Å². The van der Waals surface area contributed by atoms with Crippen molar-refractivity contribution >= 4 is 15.9 Å². The number of benzene rings is 2. The molecule has 6 nitrogen and oxygen atoms in total. The van der Waals surface area contributed by atoms with E-state index in [1.807, 2.05) is 18.2 Å². The van der Waals surface area contributed by atoms with Crippen LogP contribution in [-0.2, 0) is 14.8 Å². The molecule has 0 aromatic heterocycles. The van der Waals surface area contributed by atoms with E-state index in [-0.39, 0.29) is 17.9 Å². The molecule has 2 heterocycles. The van der Waals surface area contributed by atoms with Gasteiger partial charge in [-0.1, -0.05) is 56.3 Å². The number of hydrogen-bond acceptors (Lipinski definition) is 4. The Morgan fingerprint density at radius 2 is 1.53 bits per heavy atom. The van der Waals surface area contributed by atoms with Gasteiger partial charge >= 0.3 is 0 Å². The number of rotatable bonds is 7. The fourth-order valence-corrected chi connectivity index (χ4v) is 6.52. The van der Waals surface area contributed by atoms with Gasteiger partial charge < -0.3 is 5.32 Å². The van der Waals surface area contributed by atoms with Gasteiger partial charge in [0.2, 0.25) is 15.9 Å². The van der Waals surface area contributed by atoms with Gasteiger partial charge in [-0.3, -0.25) is 9.69 Å². The Bertz CT molecular complexity index is 1060. The van der Waals surface area contributed by atoms with Gasteiger partial charge in [0, 0.05) is 44.2 Å². The highest BCUT2D eigenvalue weighted by Crippen LogP contribution is 2.27. The fourth-order valence-electron chi connectivity index (χ4n) is 5.05. The average molecular weight is 484 g/mol. The maximum atomic E-state index is 13.1. The summed E-state index contributed by atoms with van der Waals surface area (Å²) in [5.41, 5.74) is 2.42. The fraction of sp³-hybridized carbons (Fsp3) is 0.519. The van der Waals surface area contributed by atoms with E-state index in [1.54, 1.807) is 12.1 Å². The second-order valence-electron chi connectivity index (χ2n) is 9.98. The lowest BCUT2D eigenvalue weighted by Gasteiger charge is -2.31. The number of amides is 1. The smallest absolute Gasteiger partial charge is 0.243 e. The van der Waals surface area contributed by atoms with Gasteiger partial charge in [-0.15, -0.1) is 0 Å². The van der Waals surface area contributed by atoms with E-state index >= 15 is 0 Å². The molecule has 2 aromatic rings. The highest BCUT2D eigenvalue weighted by molar-refractivity contribution is 7.89. The molecule has 7 heteroatoms. The SMILES string of the molecule is CC(C)c1ccc(S(=O)(=O)N2CCC(C(=O)NC3CCN(C(C)c4ccccc4)C3)CC2)cc1. The largest absolute Gasteiger partial charge is 0.352 e. The lowest BCUT2D eigenvalue weighted by atomic mass is 9.97. The number of piperidine rings is 1. The van der Waals surface area contributed by atoms with Gasteiger partial charge in [0.1, 0.15) is 0 Å². The quantitative estimate of drug-likeness (QED) is 0.642. The highest BCUT2D eigenvalue weighted by Gasteiger charge is 2.34. The van der Waals surface area contributed by atoms with Gasteiger partial charge in [0.05, 0.1) is 4.90 Å². The lowest BCUT2D eigenvalue weighted by molar-refractivity contribution is -0.126. The van der Waals surface area contributed by atoms with Gasteiger partial charge in [0.15, 0.2) is 0 Å². The molecule has 2 aliphatic rings. The third kappa shape index (κ3) is 5.53. The van der Waals surface area contributed by atoms with Crippen molar-refractivity contribution in [2.75, 3.05) is 26.2 Å². The molecule has 0 spiro atoms. The predicted molar refractivity (Wildman–Crippen MR) is 135 cm³/mol. The molecule has 0 aliphatic carbocycles. The van der Waals surface area contributed by atoms with Crippen molar-refractivity contribution in [3.8, 4) is 0 Å². The minimum Gasteiger partial charge on any atom is -0.352 e. The summed E-state index contributed by atoms with van der Waals surface area (Å²) in [6, 6.07) is 18.1. The van der Waals surface area contributed by atoms with Gasteiger partial charge in [-0.05, 0) is 55.4 Å². The van der Waals surface area contributed by atoms with Crippen LogP contribution in [0.2, 0.25) is 0 Å². The second kappa shape index (κ2) is 10.6. The molecule has 2 fully saturated rings. The summed E-state index contributed by atoms with van der Waals surface area (Å²) in [6.07, 6.45) is 2.07. The summed E-state index contributed by atoms with van der Waals surface area (Å²) in [7, 11) is -3.52. The number of hydrogen-bond donors (Lipinski definition) is 1. The van der Waals surface area contributed by atoms with Gasteiger partial charge in [-0.25, -0.2) is 8.42 Å². The van der Waals surface area contributed by atoms with Crippen LogP contribution in [0.5, 0.6) is 0 Å². The van der Waals surface area contributed by atoms with Crippen molar-refractivity contribution in [2.24, 2.45) is 5.92 Å². The van der Waals surface area contributed by atoms with Crippen molar-refractivity contribution in [1.29, 1.82) is 0 Å². The van der Waals surface area contributed by atoms with Crippen LogP contribution in [0.3, 0.4) is 0 Å². The molecule has 2 aliphatic heterocycles. The van der Waals surface area contributed by atoms with E-state index < -0.39 is 10.0 Å². The first kappa shape index (κ1) is 24.9. The normalized spacial score (nSPS) is 21.6. The molecule has 4 rings (SSSR count). The molecular formula is C27H37N3O3S. The van der Waals surface area contributed by atoms with Crippen LogP contribution in [0.4, 0.5) is 0 Å². The predicted octanol–water partition coefficient (Wildman–Crippen LogP) is 4.16. The maximum Gasteiger partial charge on any atom is 0.243 e. The van der Waals surface area contributed by atoms with Crippen molar-refractivity contribution < 1.29 is 13.2 Å². The minimum atomic E-state index is -3.52. The Morgan fingerprint density at radius 1 is 0.882 bits per heavy atom. The maximum absolute atomic E-state index is 13.1. The van der Waals surface area contributed by atoms with Crippen LogP contribution in [0, 0.1) is 5.92 Å². The first-order valence-corrected chi connectivity index (χ1v) is 13.9. The topological polar surface area (TPSA) is 69.7 Å². The van der Waals surface area contributed by atoms with Crippen LogP contribution >= 0.6 is 0 Å². The number of carbonyl (C=O) groups excluding carboxylic acids is 1. The Morgan fingerprint density at radius 3 is 2.15 bits per heavy atom. The Hall–Kier alpha value is -2.22. The summed E-state index contributed by atoms with van der Waals surface area (Å²) in [5.74, 6) is 0.299. The van der Waals surface area contributed by atoms with E-state index in [2.05, 4.69) is 55.3 Å². The Labute approximate surface area is 204 Å². The third-order valence-corrected chi connectivity index (χ3v) is 9.32. The molecule has 184 valence electrons. The molecule has 2 atom stereocenters. The number of likely N-dealkylation sites (tertiary alicyclic amines) is 1. The molecule has 34 heavy (non-hydrogen) atoms. The van der Waals surface area contributed by atoms with Crippen molar-refractivity contribution in [2.45, 2.75) is 62.9 Å². The zero-order valence-electron chi connectivity index (χ0n) is 20.5. The van der Waals surface area contributed by atoms with Crippen LogP contribution in [-0.4, -0.2) is 55.8 Å². The molecule has 0 saturated carbocycles. The monoisotopic (exact) mass is 483 g/mol. The number of nitrogens with one attached hydrogen (secondary N) is 1. The molecule has 2 unspecified atom stereocenters. The van der Waals surface area contributed by atoms with Crippen LogP contribution in [0.25, 0.3) is 0 Å². The Balaban J connectivity index is 1.27. The molecule has 1 N–H and O–H groups in total. The highest BCUT2D eigenvalue weighted by atomic mass is 32.2. The lowest BCUT2D eigenvalue weighted by Crippen LogP contribution is -2.46. The van der Waals surface area contributed by atoms with E-state index in [1.165, 1.54) is 9.87 Å². The van der Waals surface area contributed by atoms with Gasteiger partial charge in [-0.2, -0.15) is 4.31 Å². The van der Waals surface area contributed by atoms with Crippen molar-refractivity contribution in [3.05, 3.63) is 65.7 Å². The van der Waals surface area contributed by atoms with E-state index in [0.29, 0.717) is 42.8 Å². The molecule has 1 amide bonds. The summed E-state index contributed by atoms with van der Waals surface area (Å²) in [4.78, 5) is 15.7. The third-order valence-electron chi connectivity index (χ3n) is 7.41. The van der Waals surface area contributed by atoms with Crippen LogP contribution in [0.15, 0.2) is 59.5 Å². The number of nitrogens with zero attached hydrogens (tertiary/aromatic N) is 2. The van der Waals surface area contributed by atoms with Crippen LogP contribution < -0.4 is 5.32 Å². The second-order valence-corrected chi connectivity index (χ2v) is 11.9. The molecule has 2 saturated heterocycles. The van der Waals surface area contributed by atoms with Crippen molar-refractivity contribution in [3.63, 3.8) is 0 Å². The standard InChI is InChI=1S/C27H37N3O3S/c1-20(2)22-9-11-26(12-10-22)34(32,33)30-17-13-24(14-18-30)27(31)28-25-15-16-29(19-25)21(3)23-7-5-4-6-8-23/h4-12,20-21,24-25H,13-19H2,1-3H3,(H,28,31). The zero-order chi connectivity index (χ0) is 24.3. The van der Waals surface area contributed by atoms with E-state index in [9.17, 15) is 13.2 Å². The van der Waals surface area contributed by atoms with E-state index in [0.717, 1.165) is 25.1 Å². The van der Waals surface area contributed by atoms with Crippen LogP contribution in [0.1, 0.15) is 63.1 Å². The molecule has 0 radical (unpaired) electrons. The minimum absolute atomic E-state index is 0.0672. The first-order chi connectivity index (χ1) is 16.3. The molecular weight excluding hydrogens is 446 g/mol. The number of carbonyl (C=O) groups is 1. The van der Waals surface area contributed by atoms with E-state index in [4.69, 9.17) is 0 Å². The zero-order valence-corrected chi connectivity index (χ0v) is 21.3. The average Bonchev–Trinajstić information content (AvgIpc) is 3.32. The Kier molecular flexibility index (Phi) is 7.75.